The van der Waals surface area contributed by atoms with E-state index < -0.39 is 0 Å². The van der Waals surface area contributed by atoms with Crippen LogP contribution in [0, 0.1) is 13.8 Å². The van der Waals surface area contributed by atoms with Gasteiger partial charge in [-0.3, -0.25) is 0 Å². The molecule has 1 rings (SSSR count). The van der Waals surface area contributed by atoms with Crippen LogP contribution in [-0.4, -0.2) is 11.5 Å². The summed E-state index contributed by atoms with van der Waals surface area (Å²) in [5.41, 5.74) is 1.24. The van der Waals surface area contributed by atoms with E-state index in [4.69, 9.17) is 0 Å². The van der Waals surface area contributed by atoms with Gasteiger partial charge < -0.3 is 5.32 Å². The molecule has 20 heavy (non-hydrogen) atoms. The largest absolute Gasteiger partial charge is 0.309 e. The smallest absolute Gasteiger partial charge is 0.0900 e. The maximum atomic E-state index is 4.62. The summed E-state index contributed by atoms with van der Waals surface area (Å²) < 4.78 is 0. The van der Waals surface area contributed by atoms with E-state index in [9.17, 15) is 0 Å². The van der Waals surface area contributed by atoms with Crippen LogP contribution in [0.1, 0.15) is 86.8 Å². The first-order chi connectivity index (χ1) is 9.65. The van der Waals surface area contributed by atoms with E-state index >= 15 is 0 Å². The van der Waals surface area contributed by atoms with Gasteiger partial charge in [0.05, 0.1) is 10.7 Å². The van der Waals surface area contributed by atoms with Gasteiger partial charge in [-0.2, -0.15) is 0 Å². The molecule has 0 spiro atoms. The van der Waals surface area contributed by atoms with E-state index in [1.165, 1.54) is 66.9 Å². The Morgan fingerprint density at radius 2 is 1.60 bits per heavy atom. The molecule has 1 aromatic heterocycles. The number of hydrogen-bond donors (Lipinski definition) is 1. The average Bonchev–Trinajstić information content (AvgIpc) is 2.75. The number of aryl methyl sites for hydroxylation is 2. The summed E-state index contributed by atoms with van der Waals surface area (Å²) >= 11 is 1.80. The van der Waals surface area contributed by atoms with E-state index in [0.717, 1.165) is 6.54 Å². The number of rotatable bonds is 11. The topological polar surface area (TPSA) is 24.9 Å². The molecule has 1 aromatic rings. The molecule has 1 N–H and O–H groups in total. The molecule has 1 heterocycles. The zero-order chi connectivity index (χ0) is 14.8. The number of nitrogens with one attached hydrogen (secondary N) is 1. The lowest BCUT2D eigenvalue weighted by molar-refractivity contribution is 0.515. The fourth-order valence-corrected chi connectivity index (χ4v) is 3.53. The first kappa shape index (κ1) is 17.6. The Hall–Kier alpha value is -0.410. The average molecular weight is 297 g/mol. The summed E-state index contributed by atoms with van der Waals surface area (Å²) in [7, 11) is 0. The van der Waals surface area contributed by atoms with Crippen LogP contribution in [-0.2, 0) is 0 Å². The molecule has 2 nitrogen and oxygen atoms in total. The number of aromatic nitrogens is 1. The van der Waals surface area contributed by atoms with Gasteiger partial charge in [-0.15, -0.1) is 11.3 Å². The van der Waals surface area contributed by atoms with Gasteiger partial charge in [0.1, 0.15) is 0 Å². The standard InChI is InChI=1S/C17H32N2S/c1-5-6-7-8-9-10-11-12-13-18-14(2)17-15(3)20-16(4)19-17/h14,18H,5-13H2,1-4H3. The summed E-state index contributed by atoms with van der Waals surface area (Å²) in [5, 5.41) is 4.79. The number of thiazole rings is 1. The number of unbranched alkanes of at least 4 members (excludes halogenated alkanes) is 7. The van der Waals surface area contributed by atoms with Crippen LogP contribution < -0.4 is 5.32 Å². The van der Waals surface area contributed by atoms with Crippen LogP contribution in [0.15, 0.2) is 0 Å². The lowest BCUT2D eigenvalue weighted by Gasteiger charge is -2.12. The minimum absolute atomic E-state index is 0.393. The highest BCUT2D eigenvalue weighted by atomic mass is 32.1. The summed E-state index contributed by atoms with van der Waals surface area (Å²) in [6.07, 6.45) is 11.1. The van der Waals surface area contributed by atoms with E-state index in [0.29, 0.717) is 6.04 Å². The first-order valence-electron chi connectivity index (χ1n) is 8.32. The van der Waals surface area contributed by atoms with Crippen molar-refractivity contribution in [1.82, 2.24) is 10.3 Å². The third-order valence-electron chi connectivity index (χ3n) is 3.83. The van der Waals surface area contributed by atoms with E-state index in [1.54, 1.807) is 11.3 Å². The van der Waals surface area contributed by atoms with Crippen molar-refractivity contribution in [2.75, 3.05) is 6.54 Å². The molecule has 0 amide bonds. The fourth-order valence-electron chi connectivity index (χ4n) is 2.62. The van der Waals surface area contributed by atoms with Gasteiger partial charge in [-0.25, -0.2) is 4.98 Å². The molecule has 0 aliphatic rings. The van der Waals surface area contributed by atoms with E-state index in [2.05, 4.69) is 38.0 Å². The molecule has 1 unspecified atom stereocenters. The van der Waals surface area contributed by atoms with Gasteiger partial charge in [-0.05, 0) is 33.7 Å². The molecule has 0 aliphatic heterocycles. The second-order valence-electron chi connectivity index (χ2n) is 5.82. The van der Waals surface area contributed by atoms with Crippen molar-refractivity contribution in [3.05, 3.63) is 15.6 Å². The summed E-state index contributed by atoms with van der Waals surface area (Å²) in [6, 6.07) is 0.393. The minimum Gasteiger partial charge on any atom is -0.309 e. The monoisotopic (exact) mass is 296 g/mol. The molecule has 0 saturated carbocycles. The normalized spacial score (nSPS) is 12.8. The van der Waals surface area contributed by atoms with Gasteiger partial charge in [0, 0.05) is 10.9 Å². The molecule has 0 aliphatic carbocycles. The molecule has 0 bridgehead atoms. The third-order valence-corrected chi connectivity index (χ3v) is 4.73. The lowest BCUT2D eigenvalue weighted by atomic mass is 10.1. The molecule has 116 valence electrons. The van der Waals surface area contributed by atoms with Crippen LogP contribution in [0.4, 0.5) is 0 Å². The maximum absolute atomic E-state index is 4.62. The third kappa shape index (κ3) is 6.85. The molecule has 1 atom stereocenters. The molecule has 0 fully saturated rings. The SMILES string of the molecule is CCCCCCCCCCNC(C)c1nc(C)sc1C. The highest BCUT2D eigenvalue weighted by Crippen LogP contribution is 2.22. The quantitative estimate of drug-likeness (QED) is 0.541. The van der Waals surface area contributed by atoms with Gasteiger partial charge in [0.15, 0.2) is 0 Å². The Morgan fingerprint density at radius 3 is 2.15 bits per heavy atom. The highest BCUT2D eigenvalue weighted by Gasteiger charge is 2.11. The van der Waals surface area contributed by atoms with Gasteiger partial charge in [-0.1, -0.05) is 51.9 Å². The van der Waals surface area contributed by atoms with E-state index in [1.807, 2.05) is 0 Å². The van der Waals surface area contributed by atoms with Crippen molar-refractivity contribution in [3.8, 4) is 0 Å². The van der Waals surface area contributed by atoms with Crippen molar-refractivity contribution in [2.45, 2.75) is 85.1 Å². The van der Waals surface area contributed by atoms with Crippen molar-refractivity contribution < 1.29 is 0 Å². The van der Waals surface area contributed by atoms with Crippen molar-refractivity contribution >= 4 is 11.3 Å². The predicted molar refractivity (Wildman–Crippen MR) is 90.6 cm³/mol. The molecular weight excluding hydrogens is 264 g/mol. The Balaban J connectivity index is 2.02. The zero-order valence-electron chi connectivity index (χ0n) is 13.8. The van der Waals surface area contributed by atoms with Crippen molar-refractivity contribution in [1.29, 1.82) is 0 Å². The second kappa shape index (κ2) is 10.3. The predicted octanol–water partition coefficient (Wildman–Crippen LogP) is 5.55. The maximum Gasteiger partial charge on any atom is 0.0900 e. The Morgan fingerprint density at radius 1 is 1.00 bits per heavy atom. The van der Waals surface area contributed by atoms with E-state index in [-0.39, 0.29) is 0 Å². The second-order valence-corrected chi connectivity index (χ2v) is 7.23. The minimum atomic E-state index is 0.393. The number of nitrogens with zero attached hydrogens (tertiary/aromatic N) is 1. The Labute approximate surface area is 129 Å². The van der Waals surface area contributed by atoms with Crippen LogP contribution in [0.2, 0.25) is 0 Å². The number of hydrogen-bond acceptors (Lipinski definition) is 3. The van der Waals surface area contributed by atoms with Crippen LogP contribution in [0.5, 0.6) is 0 Å². The van der Waals surface area contributed by atoms with Gasteiger partial charge in [0.25, 0.3) is 0 Å². The van der Waals surface area contributed by atoms with Gasteiger partial charge >= 0.3 is 0 Å². The molecule has 3 heteroatoms. The molecular formula is C17H32N2S. The van der Waals surface area contributed by atoms with Crippen LogP contribution in [0.3, 0.4) is 0 Å². The van der Waals surface area contributed by atoms with Gasteiger partial charge in [0.2, 0.25) is 0 Å². The zero-order valence-corrected chi connectivity index (χ0v) is 14.6. The Bertz CT molecular complexity index is 360. The fraction of sp³-hybridized carbons (Fsp3) is 0.824. The Kier molecular flexibility index (Phi) is 9.12. The molecule has 0 aromatic carbocycles. The first-order valence-corrected chi connectivity index (χ1v) is 9.14. The lowest BCUT2D eigenvalue weighted by Crippen LogP contribution is -2.20. The molecule has 0 radical (unpaired) electrons. The van der Waals surface area contributed by atoms with Crippen LogP contribution >= 0.6 is 11.3 Å². The van der Waals surface area contributed by atoms with Crippen molar-refractivity contribution in [2.24, 2.45) is 0 Å². The summed E-state index contributed by atoms with van der Waals surface area (Å²) in [6.45, 7) is 9.89. The van der Waals surface area contributed by atoms with Crippen LogP contribution in [0.25, 0.3) is 0 Å². The summed E-state index contributed by atoms with van der Waals surface area (Å²) in [5.74, 6) is 0. The summed E-state index contributed by atoms with van der Waals surface area (Å²) in [4.78, 5) is 5.98. The van der Waals surface area contributed by atoms with Crippen molar-refractivity contribution in [3.63, 3.8) is 0 Å². The highest BCUT2D eigenvalue weighted by molar-refractivity contribution is 7.11. The molecule has 0 saturated heterocycles.